The van der Waals surface area contributed by atoms with Gasteiger partial charge in [-0.05, 0) is 37.8 Å². The van der Waals surface area contributed by atoms with Gasteiger partial charge in [0, 0.05) is 44.2 Å². The predicted octanol–water partition coefficient (Wildman–Crippen LogP) is 2.23. The molecule has 27 heavy (non-hydrogen) atoms. The highest BCUT2D eigenvalue weighted by molar-refractivity contribution is 5.96. The number of rotatable bonds is 2. The number of carbonyl (C=O) groups excluding carboxylic acids is 2. The summed E-state index contributed by atoms with van der Waals surface area (Å²) in [5, 5.41) is 4.87. The molecule has 2 fully saturated rings. The summed E-state index contributed by atoms with van der Waals surface area (Å²) in [7, 11) is 1.87. The predicted molar refractivity (Wildman–Crippen MR) is 101 cm³/mol. The Morgan fingerprint density at radius 1 is 1.15 bits per heavy atom. The first-order valence-corrected chi connectivity index (χ1v) is 9.77. The van der Waals surface area contributed by atoms with E-state index >= 15 is 0 Å². The lowest BCUT2D eigenvalue weighted by molar-refractivity contribution is -0.134. The van der Waals surface area contributed by atoms with Gasteiger partial charge in [-0.2, -0.15) is 5.10 Å². The minimum absolute atomic E-state index is 0.0364. The molecule has 1 aromatic carbocycles. The van der Waals surface area contributed by atoms with Crippen molar-refractivity contribution in [1.29, 1.82) is 0 Å². The van der Waals surface area contributed by atoms with Crippen molar-refractivity contribution in [1.82, 2.24) is 19.6 Å². The number of benzene rings is 1. The van der Waals surface area contributed by atoms with Gasteiger partial charge in [-0.1, -0.05) is 18.2 Å². The molecule has 2 aliphatic heterocycles. The van der Waals surface area contributed by atoms with Crippen LogP contribution in [0.5, 0.6) is 0 Å². The molecule has 140 valence electrons. The standard InChI is InChI=1S/C21H24N4O2/c1-23-14-21(9-11-24(12-10-21)19(26)15-7-8-15)18-17(20(23)27)13-25(22-18)16-5-3-2-4-6-16/h2-6,13,15H,7-12,14H2,1H3. The van der Waals surface area contributed by atoms with Crippen molar-refractivity contribution in [3.63, 3.8) is 0 Å². The van der Waals surface area contributed by atoms with Crippen LogP contribution in [-0.2, 0) is 10.2 Å². The van der Waals surface area contributed by atoms with E-state index in [1.165, 1.54) is 0 Å². The molecule has 0 radical (unpaired) electrons. The lowest BCUT2D eigenvalue weighted by Gasteiger charge is -2.45. The number of likely N-dealkylation sites (tertiary alicyclic amines) is 1. The van der Waals surface area contributed by atoms with E-state index in [1.807, 2.05) is 58.1 Å². The summed E-state index contributed by atoms with van der Waals surface area (Å²) in [4.78, 5) is 29.0. The SMILES string of the molecule is CN1CC2(CCN(C(=O)C3CC3)CC2)c2nn(-c3ccccc3)cc2C1=O. The quantitative estimate of drug-likeness (QED) is 0.821. The topological polar surface area (TPSA) is 58.4 Å². The Morgan fingerprint density at radius 2 is 1.85 bits per heavy atom. The van der Waals surface area contributed by atoms with E-state index in [9.17, 15) is 9.59 Å². The van der Waals surface area contributed by atoms with Crippen molar-refractivity contribution < 1.29 is 9.59 Å². The molecule has 0 bridgehead atoms. The number of likely N-dealkylation sites (N-methyl/N-ethyl adjacent to an activating group) is 1. The van der Waals surface area contributed by atoms with Crippen LogP contribution in [0.15, 0.2) is 36.5 Å². The number of hydrogen-bond donors (Lipinski definition) is 0. The molecule has 1 aliphatic carbocycles. The van der Waals surface area contributed by atoms with E-state index in [0.717, 1.165) is 50.2 Å². The largest absolute Gasteiger partial charge is 0.342 e. The summed E-state index contributed by atoms with van der Waals surface area (Å²) in [6, 6.07) is 9.91. The fourth-order valence-electron chi connectivity index (χ4n) is 4.58. The molecule has 3 aliphatic rings. The van der Waals surface area contributed by atoms with Crippen molar-refractivity contribution in [2.24, 2.45) is 5.92 Å². The fourth-order valence-corrected chi connectivity index (χ4v) is 4.58. The average Bonchev–Trinajstić information content (AvgIpc) is 3.44. The number of fused-ring (bicyclic) bond motifs is 2. The maximum atomic E-state index is 12.8. The molecule has 1 saturated carbocycles. The van der Waals surface area contributed by atoms with Gasteiger partial charge in [0.25, 0.3) is 5.91 Å². The lowest BCUT2D eigenvalue weighted by atomic mass is 9.72. The van der Waals surface area contributed by atoms with Gasteiger partial charge in [0.2, 0.25) is 5.91 Å². The molecule has 6 heteroatoms. The van der Waals surface area contributed by atoms with Gasteiger partial charge >= 0.3 is 0 Å². The molecule has 3 heterocycles. The Hall–Kier alpha value is -2.63. The highest BCUT2D eigenvalue weighted by Gasteiger charge is 2.48. The first-order chi connectivity index (χ1) is 13.1. The molecule has 0 unspecified atom stereocenters. The fraction of sp³-hybridized carbons (Fsp3) is 0.476. The number of aromatic nitrogens is 2. The summed E-state index contributed by atoms with van der Waals surface area (Å²) in [6.07, 6.45) is 5.68. The van der Waals surface area contributed by atoms with Crippen LogP contribution < -0.4 is 0 Å². The summed E-state index contributed by atoms with van der Waals surface area (Å²) in [5.74, 6) is 0.622. The molecule has 1 saturated heterocycles. The van der Waals surface area contributed by atoms with Crippen LogP contribution in [0.4, 0.5) is 0 Å². The normalized spacial score (nSPS) is 21.4. The van der Waals surface area contributed by atoms with Crippen LogP contribution in [0.2, 0.25) is 0 Å². The monoisotopic (exact) mass is 364 g/mol. The second-order valence-corrected chi connectivity index (χ2v) is 8.21. The number of para-hydroxylation sites is 1. The van der Waals surface area contributed by atoms with E-state index in [0.29, 0.717) is 18.0 Å². The third-order valence-corrected chi connectivity index (χ3v) is 6.31. The Kier molecular flexibility index (Phi) is 3.64. The van der Waals surface area contributed by atoms with Crippen molar-refractivity contribution in [2.45, 2.75) is 31.1 Å². The van der Waals surface area contributed by atoms with Crippen LogP contribution in [0, 0.1) is 5.92 Å². The molecular weight excluding hydrogens is 340 g/mol. The van der Waals surface area contributed by atoms with Crippen LogP contribution in [0.1, 0.15) is 41.7 Å². The summed E-state index contributed by atoms with van der Waals surface area (Å²) >= 11 is 0. The highest BCUT2D eigenvalue weighted by Crippen LogP contribution is 2.42. The van der Waals surface area contributed by atoms with Gasteiger partial charge < -0.3 is 9.80 Å². The smallest absolute Gasteiger partial charge is 0.257 e. The van der Waals surface area contributed by atoms with Gasteiger partial charge in [0.15, 0.2) is 0 Å². The molecule has 2 amide bonds. The van der Waals surface area contributed by atoms with Gasteiger partial charge in [-0.3, -0.25) is 9.59 Å². The van der Waals surface area contributed by atoms with Crippen molar-refractivity contribution in [3.8, 4) is 5.69 Å². The van der Waals surface area contributed by atoms with E-state index in [-0.39, 0.29) is 17.2 Å². The number of hydrogen-bond acceptors (Lipinski definition) is 3. The number of amides is 2. The van der Waals surface area contributed by atoms with E-state index in [2.05, 4.69) is 0 Å². The van der Waals surface area contributed by atoms with Gasteiger partial charge in [-0.25, -0.2) is 4.68 Å². The third-order valence-electron chi connectivity index (χ3n) is 6.31. The average molecular weight is 364 g/mol. The molecule has 0 N–H and O–H groups in total. The summed E-state index contributed by atoms with van der Waals surface area (Å²) in [5.41, 5.74) is 2.42. The van der Waals surface area contributed by atoms with Crippen LogP contribution >= 0.6 is 0 Å². The second-order valence-electron chi connectivity index (χ2n) is 8.21. The molecule has 0 atom stereocenters. The Labute approximate surface area is 158 Å². The highest BCUT2D eigenvalue weighted by atomic mass is 16.2. The van der Waals surface area contributed by atoms with Crippen LogP contribution in [-0.4, -0.2) is 58.1 Å². The Balaban J connectivity index is 1.48. The zero-order valence-electron chi connectivity index (χ0n) is 15.6. The molecule has 5 rings (SSSR count). The minimum Gasteiger partial charge on any atom is -0.342 e. The molecule has 1 aromatic heterocycles. The zero-order chi connectivity index (χ0) is 18.6. The van der Waals surface area contributed by atoms with Crippen LogP contribution in [0.25, 0.3) is 5.69 Å². The second kappa shape index (κ2) is 5.94. The zero-order valence-corrected chi connectivity index (χ0v) is 15.6. The van der Waals surface area contributed by atoms with Crippen LogP contribution in [0.3, 0.4) is 0 Å². The first kappa shape index (κ1) is 16.5. The van der Waals surface area contributed by atoms with Crippen molar-refractivity contribution in [2.75, 3.05) is 26.7 Å². The lowest BCUT2D eigenvalue weighted by Crippen LogP contribution is -2.54. The molecular formula is C21H24N4O2. The maximum Gasteiger partial charge on any atom is 0.257 e. The summed E-state index contributed by atoms with van der Waals surface area (Å²) in [6.45, 7) is 2.19. The molecule has 2 aromatic rings. The molecule has 1 spiro atoms. The van der Waals surface area contributed by atoms with Gasteiger partial charge in [0.05, 0.1) is 16.9 Å². The first-order valence-electron chi connectivity index (χ1n) is 9.77. The number of piperidine rings is 1. The number of carbonyl (C=O) groups is 2. The van der Waals surface area contributed by atoms with Crippen molar-refractivity contribution in [3.05, 3.63) is 47.8 Å². The van der Waals surface area contributed by atoms with E-state index < -0.39 is 0 Å². The Bertz CT molecular complexity index is 892. The van der Waals surface area contributed by atoms with Gasteiger partial charge in [0.1, 0.15) is 0 Å². The van der Waals surface area contributed by atoms with Gasteiger partial charge in [-0.15, -0.1) is 0 Å². The maximum absolute atomic E-state index is 12.8. The van der Waals surface area contributed by atoms with E-state index in [1.54, 1.807) is 0 Å². The molecule has 6 nitrogen and oxygen atoms in total. The van der Waals surface area contributed by atoms with E-state index in [4.69, 9.17) is 5.10 Å². The Morgan fingerprint density at radius 3 is 2.52 bits per heavy atom. The van der Waals surface area contributed by atoms with Crippen molar-refractivity contribution >= 4 is 11.8 Å². The minimum atomic E-state index is -0.154. The third kappa shape index (κ3) is 2.66. The number of nitrogens with zero attached hydrogens (tertiary/aromatic N) is 4. The summed E-state index contributed by atoms with van der Waals surface area (Å²) < 4.78 is 1.82.